The van der Waals surface area contributed by atoms with Gasteiger partial charge in [-0.25, -0.2) is 0 Å². The zero-order chi connectivity index (χ0) is 16.9. The molecule has 1 aliphatic heterocycles. The first kappa shape index (κ1) is 16.7. The Kier molecular flexibility index (Phi) is 5.33. The third-order valence-corrected chi connectivity index (χ3v) is 4.29. The summed E-state index contributed by atoms with van der Waals surface area (Å²) in [5.41, 5.74) is 1.08. The number of fused-ring (bicyclic) bond motifs is 1. The van der Waals surface area contributed by atoms with Crippen LogP contribution in [0.15, 0.2) is 36.4 Å². The molecular formula is C19H23NO4. The van der Waals surface area contributed by atoms with Crippen LogP contribution in [-0.2, 0) is 14.3 Å². The van der Waals surface area contributed by atoms with Gasteiger partial charge in [-0.15, -0.1) is 0 Å². The maximum atomic E-state index is 12.1. The number of rotatable bonds is 5. The highest BCUT2D eigenvalue weighted by Gasteiger charge is 2.25. The van der Waals surface area contributed by atoms with Gasteiger partial charge in [0.05, 0.1) is 20.3 Å². The third-order valence-electron chi connectivity index (χ3n) is 4.29. The van der Waals surface area contributed by atoms with Gasteiger partial charge in [-0.3, -0.25) is 4.79 Å². The van der Waals surface area contributed by atoms with E-state index in [4.69, 9.17) is 14.2 Å². The molecule has 1 saturated heterocycles. The molecule has 1 fully saturated rings. The Morgan fingerprint density at radius 3 is 2.83 bits per heavy atom. The molecule has 5 heteroatoms. The normalized spacial score (nSPS) is 17.9. The average Bonchev–Trinajstić information content (AvgIpc) is 2.65. The molecule has 0 radical (unpaired) electrons. The molecule has 0 saturated carbocycles. The highest BCUT2D eigenvalue weighted by molar-refractivity contribution is 5.84. The quantitative estimate of drug-likeness (QED) is 0.846. The molecule has 0 aliphatic carbocycles. The molecule has 0 bridgehead atoms. The van der Waals surface area contributed by atoms with E-state index in [9.17, 15) is 4.79 Å². The Labute approximate surface area is 142 Å². The summed E-state index contributed by atoms with van der Waals surface area (Å²) in [4.78, 5) is 14.0. The van der Waals surface area contributed by atoms with E-state index in [1.54, 1.807) is 7.11 Å². The number of methoxy groups -OCH3 is 1. The Morgan fingerprint density at radius 2 is 2.04 bits per heavy atom. The van der Waals surface area contributed by atoms with Gasteiger partial charge in [0.2, 0.25) is 5.91 Å². The van der Waals surface area contributed by atoms with Crippen LogP contribution in [0.2, 0.25) is 0 Å². The van der Waals surface area contributed by atoms with E-state index >= 15 is 0 Å². The first-order valence-electron chi connectivity index (χ1n) is 8.26. The van der Waals surface area contributed by atoms with Gasteiger partial charge in [0.1, 0.15) is 18.5 Å². The minimum atomic E-state index is -0.101. The maximum absolute atomic E-state index is 12.1. The van der Waals surface area contributed by atoms with Crippen LogP contribution in [0.1, 0.15) is 18.6 Å². The van der Waals surface area contributed by atoms with Gasteiger partial charge in [-0.1, -0.05) is 18.2 Å². The van der Waals surface area contributed by atoms with Gasteiger partial charge in [0.15, 0.2) is 0 Å². The van der Waals surface area contributed by atoms with Crippen molar-refractivity contribution in [3.8, 4) is 5.75 Å². The zero-order valence-corrected chi connectivity index (χ0v) is 14.2. The number of morpholine rings is 1. The molecule has 1 amide bonds. The van der Waals surface area contributed by atoms with E-state index in [0.717, 1.165) is 22.1 Å². The van der Waals surface area contributed by atoms with Crippen LogP contribution < -0.4 is 4.74 Å². The molecule has 0 N–H and O–H groups in total. The number of carbonyl (C=O) groups is 1. The fourth-order valence-electron chi connectivity index (χ4n) is 2.93. The third kappa shape index (κ3) is 3.68. The lowest BCUT2D eigenvalue weighted by Gasteiger charge is -2.33. The van der Waals surface area contributed by atoms with Crippen LogP contribution in [0.5, 0.6) is 5.75 Å². The van der Waals surface area contributed by atoms with Crippen molar-refractivity contribution in [1.82, 2.24) is 4.90 Å². The smallest absolute Gasteiger partial charge is 0.248 e. The number of hydrogen-bond donors (Lipinski definition) is 0. The highest BCUT2D eigenvalue weighted by Crippen LogP contribution is 2.27. The van der Waals surface area contributed by atoms with E-state index in [0.29, 0.717) is 26.3 Å². The molecule has 2 aromatic rings. The van der Waals surface area contributed by atoms with E-state index in [-0.39, 0.29) is 18.6 Å². The monoisotopic (exact) mass is 329 g/mol. The second kappa shape index (κ2) is 7.64. The SMILES string of the molecule is CCOCC(=O)N1CCO[C@@H](c2ccc3cc(OC)ccc3c2)C1. The van der Waals surface area contributed by atoms with Crippen molar-refractivity contribution >= 4 is 16.7 Å². The van der Waals surface area contributed by atoms with Crippen LogP contribution in [0.4, 0.5) is 0 Å². The van der Waals surface area contributed by atoms with Gasteiger partial charge >= 0.3 is 0 Å². The molecule has 24 heavy (non-hydrogen) atoms. The predicted molar refractivity (Wildman–Crippen MR) is 92.3 cm³/mol. The lowest BCUT2D eigenvalue weighted by atomic mass is 10.0. The number of amides is 1. The number of nitrogens with zero attached hydrogens (tertiary/aromatic N) is 1. The van der Waals surface area contributed by atoms with Crippen molar-refractivity contribution in [2.45, 2.75) is 13.0 Å². The molecule has 3 rings (SSSR count). The second-order valence-electron chi connectivity index (χ2n) is 5.81. The number of benzene rings is 2. The Morgan fingerprint density at radius 1 is 1.25 bits per heavy atom. The Bertz CT molecular complexity index is 716. The summed E-state index contributed by atoms with van der Waals surface area (Å²) in [6.45, 7) is 4.30. The van der Waals surface area contributed by atoms with Crippen LogP contribution in [0.25, 0.3) is 10.8 Å². The zero-order valence-electron chi connectivity index (χ0n) is 14.2. The minimum Gasteiger partial charge on any atom is -0.497 e. The molecule has 0 aromatic heterocycles. The highest BCUT2D eigenvalue weighted by atomic mass is 16.5. The number of carbonyl (C=O) groups excluding carboxylic acids is 1. The second-order valence-corrected chi connectivity index (χ2v) is 5.81. The van der Waals surface area contributed by atoms with Gasteiger partial charge in [0.25, 0.3) is 0 Å². The van der Waals surface area contributed by atoms with Crippen LogP contribution >= 0.6 is 0 Å². The van der Waals surface area contributed by atoms with Crippen molar-refractivity contribution in [2.24, 2.45) is 0 Å². The lowest BCUT2D eigenvalue weighted by Crippen LogP contribution is -2.43. The predicted octanol–water partition coefficient (Wildman–Crippen LogP) is 2.78. The molecule has 128 valence electrons. The van der Waals surface area contributed by atoms with Gasteiger partial charge in [-0.2, -0.15) is 0 Å². The van der Waals surface area contributed by atoms with Crippen molar-refractivity contribution in [2.75, 3.05) is 40.0 Å². The summed E-state index contributed by atoms with van der Waals surface area (Å²) in [6, 6.07) is 12.2. The fourth-order valence-corrected chi connectivity index (χ4v) is 2.93. The minimum absolute atomic E-state index is 0.0238. The molecule has 1 atom stereocenters. The maximum Gasteiger partial charge on any atom is 0.248 e. The number of ether oxygens (including phenoxy) is 3. The molecule has 1 aliphatic rings. The van der Waals surface area contributed by atoms with Crippen molar-refractivity contribution < 1.29 is 19.0 Å². The van der Waals surface area contributed by atoms with E-state index < -0.39 is 0 Å². The molecule has 0 unspecified atom stereocenters. The first-order chi connectivity index (χ1) is 11.7. The van der Waals surface area contributed by atoms with Crippen molar-refractivity contribution in [1.29, 1.82) is 0 Å². The molecular weight excluding hydrogens is 306 g/mol. The van der Waals surface area contributed by atoms with E-state index in [1.165, 1.54) is 0 Å². The standard InChI is InChI=1S/C19H23NO4/c1-3-23-13-19(21)20-8-9-24-18(12-20)16-5-4-15-11-17(22-2)7-6-14(15)10-16/h4-7,10-11,18H,3,8-9,12-13H2,1-2H3/t18-/m1/s1. The van der Waals surface area contributed by atoms with E-state index in [1.807, 2.05) is 30.0 Å². The van der Waals surface area contributed by atoms with Crippen LogP contribution in [0.3, 0.4) is 0 Å². The largest absolute Gasteiger partial charge is 0.497 e. The summed E-state index contributed by atoms with van der Waals surface area (Å²) < 4.78 is 16.4. The lowest BCUT2D eigenvalue weighted by molar-refractivity contribution is -0.143. The summed E-state index contributed by atoms with van der Waals surface area (Å²) in [5, 5.41) is 2.26. The number of hydrogen-bond acceptors (Lipinski definition) is 4. The summed E-state index contributed by atoms with van der Waals surface area (Å²) in [7, 11) is 1.67. The first-order valence-corrected chi connectivity index (χ1v) is 8.26. The Hall–Kier alpha value is -2.11. The van der Waals surface area contributed by atoms with Gasteiger partial charge in [0, 0.05) is 13.2 Å². The summed E-state index contributed by atoms with van der Waals surface area (Å²) >= 11 is 0. The Balaban J connectivity index is 1.75. The topological polar surface area (TPSA) is 48.0 Å². The molecule has 2 aromatic carbocycles. The molecule has 5 nitrogen and oxygen atoms in total. The van der Waals surface area contributed by atoms with Crippen molar-refractivity contribution in [3.05, 3.63) is 42.0 Å². The average molecular weight is 329 g/mol. The van der Waals surface area contributed by atoms with Crippen molar-refractivity contribution in [3.63, 3.8) is 0 Å². The van der Waals surface area contributed by atoms with Crippen LogP contribution in [0, 0.1) is 0 Å². The summed E-state index contributed by atoms with van der Waals surface area (Å²) in [5.74, 6) is 0.868. The fraction of sp³-hybridized carbons (Fsp3) is 0.421. The molecule has 1 heterocycles. The van der Waals surface area contributed by atoms with Crippen LogP contribution in [-0.4, -0.2) is 50.8 Å². The summed E-state index contributed by atoms with van der Waals surface area (Å²) in [6.07, 6.45) is -0.101. The van der Waals surface area contributed by atoms with Gasteiger partial charge < -0.3 is 19.1 Å². The van der Waals surface area contributed by atoms with E-state index in [2.05, 4.69) is 18.2 Å². The van der Waals surface area contributed by atoms with Gasteiger partial charge in [-0.05, 0) is 41.5 Å². The molecule has 0 spiro atoms.